The molecule has 116 valence electrons. The summed E-state index contributed by atoms with van der Waals surface area (Å²) in [6.45, 7) is 5.37. The highest BCUT2D eigenvalue weighted by Crippen LogP contribution is 2.51. The van der Waals surface area contributed by atoms with E-state index in [-0.39, 0.29) is 0 Å². The quantitative estimate of drug-likeness (QED) is 0.775. The van der Waals surface area contributed by atoms with E-state index in [9.17, 15) is 0 Å². The predicted molar refractivity (Wildman–Crippen MR) is 86.0 cm³/mol. The van der Waals surface area contributed by atoms with Crippen molar-refractivity contribution in [2.24, 2.45) is 17.3 Å². The van der Waals surface area contributed by atoms with Gasteiger partial charge in [0.1, 0.15) is 0 Å². The molecule has 0 unspecified atom stereocenters. The Morgan fingerprint density at radius 1 is 1.05 bits per heavy atom. The van der Waals surface area contributed by atoms with Crippen molar-refractivity contribution in [3.05, 3.63) is 0 Å². The van der Waals surface area contributed by atoms with Crippen LogP contribution in [-0.2, 0) is 0 Å². The fraction of sp³-hybridized carbons (Fsp3) is 1.00. The lowest BCUT2D eigenvalue weighted by Crippen LogP contribution is -2.37. The minimum Gasteiger partial charge on any atom is -0.309 e. The van der Waals surface area contributed by atoms with E-state index >= 15 is 0 Å². The second kappa shape index (κ2) is 6.36. The van der Waals surface area contributed by atoms with Crippen LogP contribution in [0, 0.1) is 17.3 Å². The highest BCUT2D eigenvalue weighted by atomic mass is 15.2. The molecule has 1 spiro atoms. The summed E-state index contributed by atoms with van der Waals surface area (Å²) in [6, 6.07) is 0. The molecule has 3 rings (SSSR count). The van der Waals surface area contributed by atoms with Crippen LogP contribution in [0.5, 0.6) is 0 Å². The fourth-order valence-electron chi connectivity index (χ4n) is 5.28. The predicted octanol–water partition coefficient (Wildman–Crippen LogP) is 3.62. The number of rotatable bonds is 4. The lowest BCUT2D eigenvalue weighted by atomic mass is 9.61. The maximum absolute atomic E-state index is 2.77. The average molecular weight is 278 g/mol. The molecule has 1 heterocycles. The molecule has 2 saturated carbocycles. The van der Waals surface area contributed by atoms with E-state index in [1.165, 1.54) is 51.9 Å². The first kappa shape index (κ1) is 14.8. The molecule has 0 aromatic rings. The Balaban J connectivity index is 1.48. The van der Waals surface area contributed by atoms with Crippen molar-refractivity contribution in [1.29, 1.82) is 0 Å². The molecule has 0 radical (unpaired) electrons. The Morgan fingerprint density at radius 2 is 1.85 bits per heavy atom. The number of likely N-dealkylation sites (tertiary alicyclic amines) is 1. The molecule has 0 bridgehead atoms. The van der Waals surface area contributed by atoms with E-state index in [4.69, 9.17) is 0 Å². The Morgan fingerprint density at radius 3 is 2.65 bits per heavy atom. The molecule has 2 heteroatoms. The Kier molecular flexibility index (Phi) is 4.72. The van der Waals surface area contributed by atoms with Crippen LogP contribution in [-0.4, -0.2) is 50.1 Å². The van der Waals surface area contributed by atoms with Gasteiger partial charge in [-0.15, -0.1) is 0 Å². The summed E-state index contributed by atoms with van der Waals surface area (Å²) >= 11 is 0. The van der Waals surface area contributed by atoms with Gasteiger partial charge >= 0.3 is 0 Å². The standard InChI is InChI=1S/C18H34N2/c1-19(2)11-5-12-20-13-10-18(15-20)9-8-16-6-3-4-7-17(16)14-18/h16-17H,3-15H2,1-2H3/t16-,17-,18+/m1/s1. The SMILES string of the molecule is CN(C)CCCN1CC[C@]2(CC[C@H]3CCCC[C@@H]3C2)C1. The summed E-state index contributed by atoms with van der Waals surface area (Å²) in [6.07, 6.45) is 13.6. The summed E-state index contributed by atoms with van der Waals surface area (Å²) in [5.74, 6) is 2.20. The van der Waals surface area contributed by atoms with Gasteiger partial charge in [0.05, 0.1) is 0 Å². The highest BCUT2D eigenvalue weighted by Gasteiger charge is 2.44. The van der Waals surface area contributed by atoms with Crippen LogP contribution in [0.2, 0.25) is 0 Å². The molecule has 0 aromatic heterocycles. The average Bonchev–Trinajstić information content (AvgIpc) is 2.81. The van der Waals surface area contributed by atoms with Crippen LogP contribution < -0.4 is 0 Å². The van der Waals surface area contributed by atoms with Crippen molar-refractivity contribution in [1.82, 2.24) is 9.80 Å². The van der Waals surface area contributed by atoms with Crippen molar-refractivity contribution >= 4 is 0 Å². The van der Waals surface area contributed by atoms with Gasteiger partial charge in [-0.3, -0.25) is 0 Å². The van der Waals surface area contributed by atoms with Gasteiger partial charge in [-0.2, -0.15) is 0 Å². The Bertz CT molecular complexity index is 315. The minimum absolute atomic E-state index is 0.733. The third-order valence-corrected chi connectivity index (χ3v) is 6.40. The van der Waals surface area contributed by atoms with Crippen LogP contribution in [0.1, 0.15) is 57.8 Å². The first-order valence-electron chi connectivity index (χ1n) is 9.04. The molecule has 2 aliphatic carbocycles. The molecule has 1 saturated heterocycles. The minimum atomic E-state index is 0.733. The van der Waals surface area contributed by atoms with E-state index in [1.807, 2.05) is 0 Å². The molecule has 0 aromatic carbocycles. The molecule has 0 N–H and O–H groups in total. The molecule has 3 atom stereocenters. The molecule has 0 amide bonds. The number of nitrogens with zero attached hydrogens (tertiary/aromatic N) is 2. The zero-order chi connectivity index (χ0) is 14.0. The molecule has 2 nitrogen and oxygen atoms in total. The van der Waals surface area contributed by atoms with Gasteiger partial charge in [-0.05, 0) is 83.1 Å². The van der Waals surface area contributed by atoms with Crippen LogP contribution >= 0.6 is 0 Å². The molecular weight excluding hydrogens is 244 g/mol. The van der Waals surface area contributed by atoms with Gasteiger partial charge in [0.15, 0.2) is 0 Å². The number of fused-ring (bicyclic) bond motifs is 1. The van der Waals surface area contributed by atoms with Crippen molar-refractivity contribution in [3.8, 4) is 0 Å². The van der Waals surface area contributed by atoms with E-state index in [2.05, 4.69) is 23.9 Å². The van der Waals surface area contributed by atoms with Gasteiger partial charge in [0, 0.05) is 6.54 Å². The maximum atomic E-state index is 2.77. The summed E-state index contributed by atoms with van der Waals surface area (Å²) in [5.41, 5.74) is 0.733. The third kappa shape index (κ3) is 3.39. The zero-order valence-electron chi connectivity index (χ0n) is 13.7. The summed E-state index contributed by atoms with van der Waals surface area (Å²) in [7, 11) is 4.38. The van der Waals surface area contributed by atoms with Crippen LogP contribution in [0.25, 0.3) is 0 Å². The van der Waals surface area contributed by atoms with E-state index in [0.29, 0.717) is 0 Å². The lowest BCUT2D eigenvalue weighted by molar-refractivity contribution is 0.0634. The number of hydrogen-bond donors (Lipinski definition) is 0. The molecule has 3 aliphatic rings. The van der Waals surface area contributed by atoms with Gasteiger partial charge in [-0.25, -0.2) is 0 Å². The monoisotopic (exact) mass is 278 g/mol. The Hall–Kier alpha value is -0.0800. The van der Waals surface area contributed by atoms with Crippen molar-refractivity contribution in [2.75, 3.05) is 40.3 Å². The van der Waals surface area contributed by atoms with Crippen LogP contribution in [0.4, 0.5) is 0 Å². The highest BCUT2D eigenvalue weighted by molar-refractivity contribution is 4.97. The molecule has 20 heavy (non-hydrogen) atoms. The molecular formula is C18H34N2. The number of hydrogen-bond acceptors (Lipinski definition) is 2. The second-order valence-corrected chi connectivity index (χ2v) is 8.23. The zero-order valence-corrected chi connectivity index (χ0v) is 13.7. The largest absolute Gasteiger partial charge is 0.309 e. The van der Waals surface area contributed by atoms with Crippen LogP contribution in [0.15, 0.2) is 0 Å². The van der Waals surface area contributed by atoms with Crippen molar-refractivity contribution in [2.45, 2.75) is 57.8 Å². The van der Waals surface area contributed by atoms with Gasteiger partial charge in [-0.1, -0.05) is 25.7 Å². The molecule has 3 fully saturated rings. The lowest BCUT2D eigenvalue weighted by Gasteiger charge is -2.45. The first-order chi connectivity index (χ1) is 9.67. The fourth-order valence-corrected chi connectivity index (χ4v) is 5.28. The van der Waals surface area contributed by atoms with Crippen molar-refractivity contribution in [3.63, 3.8) is 0 Å². The molecule has 1 aliphatic heterocycles. The van der Waals surface area contributed by atoms with E-state index in [0.717, 1.165) is 17.3 Å². The first-order valence-corrected chi connectivity index (χ1v) is 9.04. The van der Waals surface area contributed by atoms with E-state index < -0.39 is 0 Å². The van der Waals surface area contributed by atoms with Gasteiger partial charge in [0.25, 0.3) is 0 Å². The van der Waals surface area contributed by atoms with Crippen molar-refractivity contribution < 1.29 is 0 Å². The van der Waals surface area contributed by atoms with Gasteiger partial charge in [0.2, 0.25) is 0 Å². The second-order valence-electron chi connectivity index (χ2n) is 8.23. The third-order valence-electron chi connectivity index (χ3n) is 6.40. The maximum Gasteiger partial charge on any atom is 0.00386 e. The normalized spacial score (nSPS) is 38.5. The summed E-state index contributed by atoms with van der Waals surface area (Å²) in [5, 5.41) is 0. The summed E-state index contributed by atoms with van der Waals surface area (Å²) < 4.78 is 0. The summed E-state index contributed by atoms with van der Waals surface area (Å²) in [4.78, 5) is 5.09. The van der Waals surface area contributed by atoms with E-state index in [1.54, 1.807) is 32.1 Å². The topological polar surface area (TPSA) is 6.48 Å². The smallest absolute Gasteiger partial charge is 0.00386 e. The van der Waals surface area contributed by atoms with Gasteiger partial charge < -0.3 is 9.80 Å². The van der Waals surface area contributed by atoms with Crippen LogP contribution in [0.3, 0.4) is 0 Å². The Labute approximate surface area is 125 Å².